The van der Waals surface area contributed by atoms with Crippen LogP contribution in [0.15, 0.2) is 18.2 Å². The summed E-state index contributed by atoms with van der Waals surface area (Å²) >= 11 is 0. The Morgan fingerprint density at radius 3 is 2.61 bits per heavy atom. The minimum absolute atomic E-state index is 0. The van der Waals surface area contributed by atoms with Crippen molar-refractivity contribution in [2.45, 2.75) is 19.4 Å². The number of benzene rings is 1. The first-order valence-corrected chi connectivity index (χ1v) is 7.73. The molecule has 0 spiro atoms. The van der Waals surface area contributed by atoms with Gasteiger partial charge in [0.2, 0.25) is 5.91 Å². The van der Waals surface area contributed by atoms with Crippen LogP contribution in [0.25, 0.3) is 0 Å². The average Bonchev–Trinajstić information content (AvgIpc) is 2.48. The fourth-order valence-electron chi connectivity index (χ4n) is 2.73. The van der Waals surface area contributed by atoms with Crippen molar-refractivity contribution in [1.82, 2.24) is 10.2 Å². The summed E-state index contributed by atoms with van der Waals surface area (Å²) in [4.78, 5) is 16.3. The number of nitrogens with two attached hydrogens (primary N) is 1. The molecule has 0 saturated carbocycles. The van der Waals surface area contributed by atoms with E-state index >= 15 is 0 Å². The molecular weight excluding hydrogens is 319 g/mol. The molecule has 3 N–H and O–H groups in total. The van der Waals surface area contributed by atoms with Crippen molar-refractivity contribution >= 4 is 24.0 Å². The number of rotatable bonds is 5. The van der Waals surface area contributed by atoms with Gasteiger partial charge in [-0.2, -0.15) is 0 Å². The third kappa shape index (κ3) is 5.34. The van der Waals surface area contributed by atoms with Gasteiger partial charge in [0.25, 0.3) is 0 Å². The molecule has 1 saturated heterocycles. The van der Waals surface area contributed by atoms with Crippen molar-refractivity contribution in [3.05, 3.63) is 29.6 Å². The third-order valence-corrected chi connectivity index (χ3v) is 4.05. The monoisotopic (exact) mass is 344 g/mol. The van der Waals surface area contributed by atoms with Crippen molar-refractivity contribution in [3.8, 4) is 0 Å². The van der Waals surface area contributed by atoms with E-state index in [0.29, 0.717) is 6.54 Å². The van der Waals surface area contributed by atoms with E-state index in [-0.39, 0.29) is 36.6 Å². The number of halogens is 2. The van der Waals surface area contributed by atoms with E-state index in [9.17, 15) is 9.18 Å². The first-order chi connectivity index (χ1) is 10.5. The lowest BCUT2D eigenvalue weighted by Gasteiger charge is -2.36. The van der Waals surface area contributed by atoms with Gasteiger partial charge >= 0.3 is 0 Å². The Morgan fingerprint density at radius 2 is 2.00 bits per heavy atom. The summed E-state index contributed by atoms with van der Waals surface area (Å²) in [6, 6.07) is 4.55. The molecule has 1 atom stereocenters. The quantitative estimate of drug-likeness (QED) is 0.850. The van der Waals surface area contributed by atoms with Gasteiger partial charge in [0, 0.05) is 50.4 Å². The normalized spacial score (nSPS) is 16.6. The minimum Gasteiger partial charge on any atom is -0.369 e. The van der Waals surface area contributed by atoms with Gasteiger partial charge in [0.15, 0.2) is 0 Å². The molecule has 1 aliphatic heterocycles. The number of nitrogens with zero attached hydrogens (tertiary/aromatic N) is 2. The summed E-state index contributed by atoms with van der Waals surface area (Å²) in [5.41, 5.74) is 7.20. The summed E-state index contributed by atoms with van der Waals surface area (Å²) in [6.45, 7) is 5.95. The highest BCUT2D eigenvalue weighted by Gasteiger charge is 2.20. The van der Waals surface area contributed by atoms with Crippen molar-refractivity contribution in [3.63, 3.8) is 0 Å². The van der Waals surface area contributed by atoms with Gasteiger partial charge in [-0.05, 0) is 32.2 Å². The molecule has 7 heteroatoms. The Bertz CT molecular complexity index is 521. The van der Waals surface area contributed by atoms with Crippen molar-refractivity contribution < 1.29 is 9.18 Å². The maximum Gasteiger partial charge on any atom is 0.221 e. The van der Waals surface area contributed by atoms with Crippen LogP contribution in [0.2, 0.25) is 0 Å². The SMILES string of the molecule is CC(NC(=O)CCN)c1cc(F)ccc1N1CCN(C)CC1.Cl. The van der Waals surface area contributed by atoms with E-state index in [1.54, 1.807) is 0 Å². The van der Waals surface area contributed by atoms with Crippen molar-refractivity contribution in [2.75, 3.05) is 44.7 Å². The van der Waals surface area contributed by atoms with E-state index in [4.69, 9.17) is 5.73 Å². The van der Waals surface area contributed by atoms with Crippen molar-refractivity contribution in [2.24, 2.45) is 5.73 Å². The maximum atomic E-state index is 13.7. The van der Waals surface area contributed by atoms with Crippen LogP contribution >= 0.6 is 12.4 Å². The average molecular weight is 345 g/mol. The minimum atomic E-state index is -0.284. The van der Waals surface area contributed by atoms with E-state index in [2.05, 4.69) is 22.2 Å². The van der Waals surface area contributed by atoms with Gasteiger partial charge in [0.1, 0.15) is 5.82 Å². The largest absolute Gasteiger partial charge is 0.369 e. The van der Waals surface area contributed by atoms with Crippen molar-refractivity contribution in [1.29, 1.82) is 0 Å². The summed E-state index contributed by atoms with van der Waals surface area (Å²) in [7, 11) is 2.10. The number of carbonyl (C=O) groups excluding carboxylic acids is 1. The topological polar surface area (TPSA) is 61.6 Å². The lowest BCUT2D eigenvalue weighted by molar-refractivity contribution is -0.121. The van der Waals surface area contributed by atoms with Crippen LogP contribution in [-0.4, -0.2) is 50.6 Å². The predicted octanol–water partition coefficient (Wildman–Crippen LogP) is 1.53. The molecule has 1 amide bonds. The van der Waals surface area contributed by atoms with Gasteiger partial charge in [-0.1, -0.05) is 0 Å². The molecule has 1 aliphatic rings. The second-order valence-corrected chi connectivity index (χ2v) is 5.82. The number of likely N-dealkylation sites (N-methyl/N-ethyl adjacent to an activating group) is 1. The maximum absolute atomic E-state index is 13.7. The van der Waals surface area contributed by atoms with Crippen LogP contribution in [0.4, 0.5) is 10.1 Å². The second kappa shape index (κ2) is 9.05. The van der Waals surface area contributed by atoms with E-state index in [1.807, 2.05) is 13.0 Å². The van der Waals surface area contributed by atoms with Crippen LogP contribution in [0.3, 0.4) is 0 Å². The van der Waals surface area contributed by atoms with Gasteiger partial charge < -0.3 is 20.9 Å². The molecule has 5 nitrogen and oxygen atoms in total. The van der Waals surface area contributed by atoms with Crippen LogP contribution in [0.5, 0.6) is 0 Å². The number of anilines is 1. The van der Waals surface area contributed by atoms with Gasteiger partial charge in [-0.15, -0.1) is 12.4 Å². The highest BCUT2D eigenvalue weighted by Crippen LogP contribution is 2.28. The number of carbonyl (C=O) groups is 1. The van der Waals surface area contributed by atoms with E-state index < -0.39 is 0 Å². The smallest absolute Gasteiger partial charge is 0.221 e. The van der Waals surface area contributed by atoms with E-state index in [1.165, 1.54) is 12.1 Å². The molecule has 0 radical (unpaired) electrons. The molecular formula is C16H26ClFN4O. The fourth-order valence-corrected chi connectivity index (χ4v) is 2.73. The Balaban J connectivity index is 0.00000264. The summed E-state index contributed by atoms with van der Waals surface area (Å²) in [6.07, 6.45) is 0.281. The standard InChI is InChI=1S/C16H25FN4O.ClH/c1-12(19-16(22)5-6-18)14-11-13(17)3-4-15(14)21-9-7-20(2)8-10-21;/h3-4,11-12H,5-10,18H2,1-2H3,(H,19,22);1H. The fraction of sp³-hybridized carbons (Fsp3) is 0.562. The lowest BCUT2D eigenvalue weighted by Crippen LogP contribution is -2.45. The number of nitrogens with one attached hydrogen (secondary N) is 1. The van der Waals surface area contributed by atoms with Crippen LogP contribution < -0.4 is 16.0 Å². The molecule has 1 aromatic rings. The van der Waals surface area contributed by atoms with Crippen LogP contribution in [0, 0.1) is 5.82 Å². The summed E-state index contributed by atoms with van der Waals surface area (Å²) in [5, 5.41) is 2.89. The molecule has 23 heavy (non-hydrogen) atoms. The Morgan fingerprint density at radius 1 is 1.35 bits per heavy atom. The Labute approximate surface area is 143 Å². The number of amides is 1. The number of piperazine rings is 1. The molecule has 1 unspecified atom stereocenters. The second-order valence-electron chi connectivity index (χ2n) is 5.82. The van der Waals surface area contributed by atoms with Gasteiger partial charge in [-0.3, -0.25) is 4.79 Å². The molecule has 130 valence electrons. The zero-order valence-electron chi connectivity index (χ0n) is 13.7. The van der Waals surface area contributed by atoms with Gasteiger partial charge in [0.05, 0.1) is 6.04 Å². The number of hydrogen-bond acceptors (Lipinski definition) is 4. The molecule has 0 bridgehead atoms. The van der Waals surface area contributed by atoms with Crippen LogP contribution in [0.1, 0.15) is 24.9 Å². The molecule has 1 aromatic carbocycles. The van der Waals surface area contributed by atoms with Crippen LogP contribution in [-0.2, 0) is 4.79 Å². The predicted molar refractivity (Wildman–Crippen MR) is 93.6 cm³/mol. The summed E-state index contributed by atoms with van der Waals surface area (Å²) < 4.78 is 13.7. The Hall–Kier alpha value is -1.37. The highest BCUT2D eigenvalue weighted by atomic mass is 35.5. The first-order valence-electron chi connectivity index (χ1n) is 7.73. The first kappa shape index (κ1) is 19.7. The van der Waals surface area contributed by atoms with E-state index in [0.717, 1.165) is 37.4 Å². The molecule has 0 aliphatic carbocycles. The molecule has 1 fully saturated rings. The zero-order valence-corrected chi connectivity index (χ0v) is 14.5. The summed E-state index contributed by atoms with van der Waals surface area (Å²) in [5.74, 6) is -0.392. The third-order valence-electron chi connectivity index (χ3n) is 4.05. The van der Waals surface area contributed by atoms with Gasteiger partial charge in [-0.25, -0.2) is 4.39 Å². The zero-order chi connectivity index (χ0) is 16.1. The number of hydrogen-bond donors (Lipinski definition) is 2. The molecule has 0 aromatic heterocycles. The highest BCUT2D eigenvalue weighted by molar-refractivity contribution is 5.85. The molecule has 2 rings (SSSR count). The Kier molecular flexibility index (Phi) is 7.75. The molecule has 1 heterocycles. The lowest BCUT2D eigenvalue weighted by atomic mass is 10.0.